The lowest BCUT2D eigenvalue weighted by atomic mass is 10.1. The second-order valence-corrected chi connectivity index (χ2v) is 6.17. The van der Waals surface area contributed by atoms with Crippen LogP contribution in [0.3, 0.4) is 0 Å². The highest BCUT2D eigenvalue weighted by Crippen LogP contribution is 2.31. The second kappa shape index (κ2) is 9.98. The van der Waals surface area contributed by atoms with Crippen LogP contribution in [-0.2, 0) is 4.74 Å². The van der Waals surface area contributed by atoms with Gasteiger partial charge in [-0.1, -0.05) is 12.8 Å². The number of carbonyl (C=O) groups excluding carboxylic acids is 1. The fourth-order valence-electron chi connectivity index (χ4n) is 3.01. The van der Waals surface area contributed by atoms with Crippen molar-refractivity contribution in [2.45, 2.75) is 39.0 Å². The van der Waals surface area contributed by atoms with Gasteiger partial charge in [0.15, 0.2) is 0 Å². The minimum absolute atomic E-state index is 0.00358. The van der Waals surface area contributed by atoms with Gasteiger partial charge in [0.2, 0.25) is 0 Å². The van der Waals surface area contributed by atoms with E-state index in [1.807, 2.05) is 6.92 Å². The maximum absolute atomic E-state index is 12.2. The van der Waals surface area contributed by atoms with Crippen molar-refractivity contribution < 1.29 is 14.5 Å². The van der Waals surface area contributed by atoms with Crippen molar-refractivity contribution in [2.24, 2.45) is 0 Å². The zero-order valence-electron chi connectivity index (χ0n) is 14.8. The van der Waals surface area contributed by atoms with Crippen LogP contribution in [0, 0.1) is 10.1 Å². The first kappa shape index (κ1) is 19.2. The van der Waals surface area contributed by atoms with Crippen molar-refractivity contribution >= 4 is 17.3 Å². The van der Waals surface area contributed by atoms with Crippen LogP contribution >= 0.6 is 0 Å². The highest BCUT2D eigenvalue weighted by molar-refractivity contribution is 5.95. The van der Waals surface area contributed by atoms with Crippen molar-refractivity contribution in [3.8, 4) is 0 Å². The number of ether oxygens (including phenoxy) is 1. The first-order valence-corrected chi connectivity index (χ1v) is 9.02. The molecule has 0 saturated carbocycles. The smallest absolute Gasteiger partial charge is 0.293 e. The molecule has 1 amide bonds. The molecule has 1 saturated heterocycles. The Morgan fingerprint density at radius 1 is 1.28 bits per heavy atom. The number of nitrogens with zero attached hydrogens (tertiary/aromatic N) is 2. The zero-order chi connectivity index (χ0) is 18.1. The average molecular weight is 349 g/mol. The summed E-state index contributed by atoms with van der Waals surface area (Å²) in [4.78, 5) is 25.4. The molecule has 0 bridgehead atoms. The van der Waals surface area contributed by atoms with Crippen LogP contribution in [0.2, 0.25) is 0 Å². The number of benzene rings is 1. The van der Waals surface area contributed by atoms with Gasteiger partial charge in [-0.2, -0.15) is 0 Å². The minimum Gasteiger partial charge on any atom is -0.382 e. The summed E-state index contributed by atoms with van der Waals surface area (Å²) < 4.78 is 5.22. The van der Waals surface area contributed by atoms with Crippen LogP contribution in [-0.4, -0.2) is 43.7 Å². The highest BCUT2D eigenvalue weighted by Gasteiger charge is 2.22. The number of carbonyl (C=O) groups is 1. The van der Waals surface area contributed by atoms with E-state index in [9.17, 15) is 14.9 Å². The van der Waals surface area contributed by atoms with Crippen LogP contribution in [0.4, 0.5) is 11.4 Å². The Balaban J connectivity index is 2.06. The summed E-state index contributed by atoms with van der Waals surface area (Å²) >= 11 is 0. The van der Waals surface area contributed by atoms with Gasteiger partial charge < -0.3 is 15.0 Å². The number of hydrogen-bond donors (Lipinski definition) is 1. The highest BCUT2D eigenvalue weighted by atomic mass is 16.6. The average Bonchev–Trinajstić information content (AvgIpc) is 2.90. The van der Waals surface area contributed by atoms with E-state index in [1.54, 1.807) is 12.1 Å². The van der Waals surface area contributed by atoms with E-state index in [1.165, 1.54) is 6.07 Å². The summed E-state index contributed by atoms with van der Waals surface area (Å²) in [6.07, 6.45) is 5.12. The molecule has 0 atom stereocenters. The summed E-state index contributed by atoms with van der Waals surface area (Å²) in [5, 5.41) is 14.3. The third-order valence-electron chi connectivity index (χ3n) is 4.34. The summed E-state index contributed by atoms with van der Waals surface area (Å²) in [6.45, 7) is 5.29. The van der Waals surface area contributed by atoms with E-state index in [2.05, 4.69) is 10.2 Å². The molecular formula is C18H27N3O4. The molecule has 0 spiro atoms. The molecule has 7 nitrogen and oxygen atoms in total. The number of hydrogen-bond acceptors (Lipinski definition) is 5. The van der Waals surface area contributed by atoms with Crippen molar-refractivity contribution in [3.05, 3.63) is 33.9 Å². The molecule has 1 aromatic carbocycles. The van der Waals surface area contributed by atoms with Gasteiger partial charge in [0, 0.05) is 44.5 Å². The maximum Gasteiger partial charge on any atom is 0.293 e. The predicted octanol–water partition coefficient (Wildman–Crippen LogP) is 3.13. The Morgan fingerprint density at radius 2 is 2.00 bits per heavy atom. The molecule has 25 heavy (non-hydrogen) atoms. The number of anilines is 1. The van der Waals surface area contributed by atoms with Crippen LogP contribution in [0.5, 0.6) is 0 Å². The standard InChI is InChI=1S/C18H27N3O4/c1-2-25-13-7-10-19-18(22)15-8-9-16(17(14-15)21(23)24)20-11-5-3-4-6-12-20/h8-9,14H,2-7,10-13H2,1H3,(H,19,22). The molecule has 0 aliphatic carbocycles. The molecule has 0 unspecified atom stereocenters. The molecule has 1 aromatic rings. The summed E-state index contributed by atoms with van der Waals surface area (Å²) in [7, 11) is 0. The van der Waals surface area contributed by atoms with Gasteiger partial charge in [-0.3, -0.25) is 14.9 Å². The van der Waals surface area contributed by atoms with Crippen LogP contribution in [0.15, 0.2) is 18.2 Å². The molecule has 2 rings (SSSR count). The third-order valence-corrected chi connectivity index (χ3v) is 4.34. The molecular weight excluding hydrogens is 322 g/mol. The Bertz CT molecular complexity index is 584. The van der Waals surface area contributed by atoms with Crippen molar-refractivity contribution in [1.29, 1.82) is 0 Å². The third kappa shape index (κ3) is 5.70. The topological polar surface area (TPSA) is 84.7 Å². The van der Waals surface area contributed by atoms with E-state index in [0.717, 1.165) is 38.8 Å². The van der Waals surface area contributed by atoms with Crippen LogP contribution in [0.1, 0.15) is 49.4 Å². The molecule has 1 heterocycles. The van der Waals surface area contributed by atoms with Crippen molar-refractivity contribution in [2.75, 3.05) is 37.7 Å². The van der Waals surface area contributed by atoms with E-state index in [0.29, 0.717) is 37.4 Å². The largest absolute Gasteiger partial charge is 0.382 e. The molecule has 1 fully saturated rings. The Labute approximate surface area is 148 Å². The minimum atomic E-state index is -0.397. The number of rotatable bonds is 8. The lowest BCUT2D eigenvalue weighted by molar-refractivity contribution is -0.384. The first-order valence-electron chi connectivity index (χ1n) is 9.02. The lowest BCUT2D eigenvalue weighted by Crippen LogP contribution is -2.27. The SMILES string of the molecule is CCOCCCNC(=O)c1ccc(N2CCCCCC2)c([N+](=O)[O-])c1. The first-order chi connectivity index (χ1) is 12.1. The van der Waals surface area contributed by atoms with Crippen LogP contribution in [0.25, 0.3) is 0 Å². The normalized spacial score (nSPS) is 14.8. The van der Waals surface area contributed by atoms with E-state index in [-0.39, 0.29) is 11.6 Å². The van der Waals surface area contributed by atoms with Gasteiger partial charge in [-0.05, 0) is 38.3 Å². The van der Waals surface area contributed by atoms with Gasteiger partial charge in [0.05, 0.1) is 4.92 Å². The fraction of sp³-hybridized carbons (Fsp3) is 0.611. The van der Waals surface area contributed by atoms with Gasteiger partial charge in [-0.15, -0.1) is 0 Å². The Morgan fingerprint density at radius 3 is 2.64 bits per heavy atom. The number of nitro groups is 1. The monoisotopic (exact) mass is 349 g/mol. The summed E-state index contributed by atoms with van der Waals surface area (Å²) in [6, 6.07) is 4.77. The van der Waals surface area contributed by atoms with Crippen molar-refractivity contribution in [1.82, 2.24) is 5.32 Å². The molecule has 138 valence electrons. The lowest BCUT2D eigenvalue weighted by Gasteiger charge is -2.22. The second-order valence-electron chi connectivity index (χ2n) is 6.17. The number of nitrogens with one attached hydrogen (secondary N) is 1. The van der Waals surface area contributed by atoms with E-state index >= 15 is 0 Å². The summed E-state index contributed by atoms with van der Waals surface area (Å²) in [5.74, 6) is -0.290. The Hall–Kier alpha value is -2.15. The molecule has 1 N–H and O–H groups in total. The maximum atomic E-state index is 12.2. The van der Waals surface area contributed by atoms with E-state index in [4.69, 9.17) is 4.74 Å². The molecule has 0 aromatic heterocycles. The number of nitro benzene ring substituents is 1. The number of amides is 1. The zero-order valence-corrected chi connectivity index (χ0v) is 14.8. The van der Waals surface area contributed by atoms with Gasteiger partial charge in [-0.25, -0.2) is 0 Å². The Kier molecular flexibility index (Phi) is 7.66. The van der Waals surface area contributed by atoms with E-state index < -0.39 is 4.92 Å². The predicted molar refractivity (Wildman–Crippen MR) is 97.2 cm³/mol. The van der Waals surface area contributed by atoms with Gasteiger partial charge >= 0.3 is 0 Å². The van der Waals surface area contributed by atoms with Crippen molar-refractivity contribution in [3.63, 3.8) is 0 Å². The molecule has 0 radical (unpaired) electrons. The molecule has 1 aliphatic rings. The molecule has 7 heteroatoms. The van der Waals surface area contributed by atoms with Crippen LogP contribution < -0.4 is 10.2 Å². The quantitative estimate of drug-likeness (QED) is 0.443. The fourth-order valence-corrected chi connectivity index (χ4v) is 3.01. The van der Waals surface area contributed by atoms with Gasteiger partial charge in [0.1, 0.15) is 5.69 Å². The molecule has 1 aliphatic heterocycles. The van der Waals surface area contributed by atoms with Gasteiger partial charge in [0.25, 0.3) is 11.6 Å². The summed E-state index contributed by atoms with van der Waals surface area (Å²) in [5.41, 5.74) is 0.936.